The molecule has 4 rings (SSSR count). The van der Waals surface area contributed by atoms with Gasteiger partial charge in [0.2, 0.25) is 0 Å². The number of aromatic carboxylic acids is 1. The van der Waals surface area contributed by atoms with Crippen molar-refractivity contribution in [1.82, 2.24) is 0 Å². The number of aliphatic hydroxyl groups is 1. The fraction of sp³-hybridized carbons (Fsp3) is 0.133. The van der Waals surface area contributed by atoms with Crippen molar-refractivity contribution in [3.63, 3.8) is 0 Å². The van der Waals surface area contributed by atoms with Crippen molar-refractivity contribution in [1.29, 1.82) is 0 Å². The smallest absolute Gasteiger partial charge is 0.344 e. The van der Waals surface area contributed by atoms with E-state index in [-0.39, 0.29) is 35.2 Å². The summed E-state index contributed by atoms with van der Waals surface area (Å²) in [4.78, 5) is 40.8. The molecule has 1 aliphatic rings. The Morgan fingerprint density at radius 1 is 1.00 bits per heavy atom. The fourth-order valence-electron chi connectivity index (χ4n) is 3.62. The molecule has 0 unspecified atom stereocenters. The van der Waals surface area contributed by atoms with E-state index in [0.717, 1.165) is 22.9 Å². The van der Waals surface area contributed by atoms with Gasteiger partial charge >= 0.3 is 11.9 Å². The van der Waals surface area contributed by atoms with Crippen LogP contribution in [0, 0.1) is 6.92 Å². The molecule has 40 heavy (non-hydrogen) atoms. The van der Waals surface area contributed by atoms with Gasteiger partial charge in [0.25, 0.3) is 5.91 Å². The van der Waals surface area contributed by atoms with E-state index in [1.54, 1.807) is 67.6 Å². The van der Waals surface area contributed by atoms with Crippen LogP contribution < -0.4 is 4.74 Å². The predicted molar refractivity (Wildman–Crippen MR) is 154 cm³/mol. The number of rotatable bonds is 8. The van der Waals surface area contributed by atoms with Crippen molar-refractivity contribution in [3.05, 3.63) is 116 Å². The quantitative estimate of drug-likeness (QED) is 0.286. The molecule has 3 aromatic carbocycles. The number of thioether (sulfide) groups is 1. The van der Waals surface area contributed by atoms with Gasteiger partial charge in [-0.25, -0.2) is 14.6 Å². The number of aryl methyl sites for hydroxylation is 1. The van der Waals surface area contributed by atoms with Crippen molar-refractivity contribution in [2.75, 3.05) is 6.61 Å². The van der Waals surface area contributed by atoms with E-state index in [1.807, 2.05) is 6.92 Å². The van der Waals surface area contributed by atoms with Crippen molar-refractivity contribution in [2.24, 2.45) is 4.99 Å². The summed E-state index contributed by atoms with van der Waals surface area (Å²) in [6.07, 6.45) is 1.61. The zero-order valence-electron chi connectivity index (χ0n) is 21.5. The molecule has 0 atom stereocenters. The Hall–Kier alpha value is -4.34. The minimum Gasteiger partial charge on any atom is -0.506 e. The number of carboxylic acids is 1. The van der Waals surface area contributed by atoms with Gasteiger partial charge in [0.1, 0.15) is 28.7 Å². The molecular weight excluding hydrogens is 554 g/mol. The summed E-state index contributed by atoms with van der Waals surface area (Å²) >= 11 is 7.40. The van der Waals surface area contributed by atoms with Crippen LogP contribution in [0.1, 0.15) is 44.3 Å². The molecule has 0 bridgehead atoms. The van der Waals surface area contributed by atoms with Crippen LogP contribution in [0.5, 0.6) is 5.75 Å². The number of benzene rings is 3. The van der Waals surface area contributed by atoms with Crippen LogP contribution in [0.2, 0.25) is 5.02 Å². The second-order valence-electron chi connectivity index (χ2n) is 8.62. The Kier molecular flexibility index (Phi) is 9.08. The number of hydrogen-bond acceptors (Lipinski definition) is 7. The number of aliphatic hydroxyl groups excluding tert-OH is 1. The molecule has 0 radical (unpaired) electrons. The number of hydrogen-bond donors (Lipinski definition) is 2. The summed E-state index contributed by atoms with van der Waals surface area (Å²) in [5.41, 5.74) is 2.70. The van der Waals surface area contributed by atoms with Crippen LogP contribution in [0.25, 0.3) is 6.08 Å². The predicted octanol–water partition coefficient (Wildman–Crippen LogP) is 6.63. The Morgan fingerprint density at radius 2 is 1.68 bits per heavy atom. The number of halogens is 1. The average Bonchev–Trinajstić information content (AvgIpc) is 3.22. The molecule has 0 aliphatic carbocycles. The van der Waals surface area contributed by atoms with Crippen LogP contribution >= 0.6 is 23.4 Å². The van der Waals surface area contributed by atoms with Crippen LogP contribution in [0.15, 0.2) is 88.0 Å². The SMILES string of the molecule is CCOC(=O)C1=C(O)/C(=C/c2ccc(OCc3ccc(C(=O)O)cc3)c(Cl)c2)SC1=NC(=O)c1ccc(C)cc1. The lowest BCUT2D eigenvalue weighted by atomic mass is 10.1. The first kappa shape index (κ1) is 28.7. The normalized spacial score (nSPS) is 15.0. The second-order valence-corrected chi connectivity index (χ2v) is 10.1. The summed E-state index contributed by atoms with van der Waals surface area (Å²) in [6.45, 7) is 3.80. The minimum atomic E-state index is -1.01. The van der Waals surface area contributed by atoms with Crippen LogP contribution in [0.4, 0.5) is 0 Å². The standard InChI is InChI=1S/C30H24ClNO7S/c1-3-38-30(37)25-26(33)24(40-28(25)32-27(34)20-9-4-17(2)5-10-20)15-19-8-13-23(22(31)14-19)39-16-18-6-11-21(12-7-18)29(35)36/h4-15,33H,3,16H2,1-2H3,(H,35,36)/b24-15-,32-28?. The molecule has 1 amide bonds. The summed E-state index contributed by atoms with van der Waals surface area (Å²) in [7, 11) is 0. The maximum Gasteiger partial charge on any atom is 0.344 e. The first-order valence-corrected chi connectivity index (χ1v) is 13.3. The van der Waals surface area contributed by atoms with E-state index in [4.69, 9.17) is 26.2 Å². The monoisotopic (exact) mass is 577 g/mol. The Morgan fingerprint density at radius 3 is 2.30 bits per heavy atom. The van der Waals surface area contributed by atoms with Crippen molar-refractivity contribution in [3.8, 4) is 5.75 Å². The summed E-state index contributed by atoms with van der Waals surface area (Å²) in [5.74, 6) is -2.29. The van der Waals surface area contributed by atoms with E-state index < -0.39 is 17.8 Å². The molecule has 0 saturated carbocycles. The minimum absolute atomic E-state index is 0.0349. The molecule has 0 fully saturated rings. The number of carbonyl (C=O) groups excluding carboxylic acids is 2. The van der Waals surface area contributed by atoms with E-state index in [9.17, 15) is 19.5 Å². The largest absolute Gasteiger partial charge is 0.506 e. The number of esters is 1. The van der Waals surface area contributed by atoms with Crippen molar-refractivity contribution < 1.29 is 34.1 Å². The van der Waals surface area contributed by atoms with E-state index in [2.05, 4.69) is 4.99 Å². The zero-order valence-corrected chi connectivity index (χ0v) is 23.1. The molecular formula is C30H24ClNO7S. The molecule has 10 heteroatoms. The van der Waals surface area contributed by atoms with E-state index in [0.29, 0.717) is 26.8 Å². The first-order chi connectivity index (χ1) is 19.2. The fourth-order valence-corrected chi connectivity index (χ4v) is 4.88. The third kappa shape index (κ3) is 6.80. The van der Waals surface area contributed by atoms with Gasteiger partial charge in [-0.15, -0.1) is 0 Å². The van der Waals surface area contributed by atoms with Gasteiger partial charge < -0.3 is 19.7 Å². The van der Waals surface area contributed by atoms with Crippen molar-refractivity contribution in [2.45, 2.75) is 20.5 Å². The van der Waals surface area contributed by atoms with Gasteiger partial charge in [0, 0.05) is 5.56 Å². The molecule has 8 nitrogen and oxygen atoms in total. The zero-order chi connectivity index (χ0) is 28.8. The molecule has 3 aromatic rings. The van der Waals surface area contributed by atoms with Crippen LogP contribution in [0.3, 0.4) is 0 Å². The third-order valence-corrected chi connectivity index (χ3v) is 7.04. The molecule has 204 valence electrons. The average molecular weight is 578 g/mol. The van der Waals surface area contributed by atoms with Gasteiger partial charge in [-0.05, 0) is 67.4 Å². The summed E-state index contributed by atoms with van der Waals surface area (Å²) in [5, 5.41) is 20.2. The molecule has 0 spiro atoms. The first-order valence-electron chi connectivity index (χ1n) is 12.1. The molecule has 0 aromatic heterocycles. The number of nitrogens with zero attached hydrogens (tertiary/aromatic N) is 1. The van der Waals surface area contributed by atoms with E-state index >= 15 is 0 Å². The number of carboxylic acid groups (broad SMARTS) is 1. The number of ether oxygens (including phenoxy) is 2. The lowest BCUT2D eigenvalue weighted by Crippen LogP contribution is -2.14. The van der Waals surface area contributed by atoms with Gasteiger partial charge in [-0.3, -0.25) is 4.79 Å². The van der Waals surface area contributed by atoms with E-state index in [1.165, 1.54) is 12.1 Å². The summed E-state index contributed by atoms with van der Waals surface area (Å²) in [6, 6.07) is 18.2. The lowest BCUT2D eigenvalue weighted by Gasteiger charge is -2.09. The van der Waals surface area contributed by atoms with Gasteiger partial charge in [-0.1, -0.05) is 59.3 Å². The Labute approximate surface area is 239 Å². The van der Waals surface area contributed by atoms with Gasteiger partial charge in [-0.2, -0.15) is 0 Å². The van der Waals surface area contributed by atoms with Crippen LogP contribution in [-0.4, -0.2) is 39.7 Å². The summed E-state index contributed by atoms with van der Waals surface area (Å²) < 4.78 is 10.9. The highest BCUT2D eigenvalue weighted by Crippen LogP contribution is 2.40. The second kappa shape index (κ2) is 12.7. The van der Waals surface area contributed by atoms with Gasteiger partial charge in [0.15, 0.2) is 0 Å². The maximum atomic E-state index is 12.8. The topological polar surface area (TPSA) is 122 Å². The number of amides is 1. The van der Waals surface area contributed by atoms with Crippen molar-refractivity contribution >= 4 is 52.3 Å². The maximum absolute atomic E-state index is 12.8. The highest BCUT2D eigenvalue weighted by Gasteiger charge is 2.34. The van der Waals surface area contributed by atoms with Crippen LogP contribution in [-0.2, 0) is 16.1 Å². The molecule has 1 heterocycles. The molecule has 0 saturated heterocycles. The Bertz CT molecular complexity index is 1560. The molecule has 2 N–H and O–H groups in total. The third-order valence-electron chi connectivity index (χ3n) is 5.72. The lowest BCUT2D eigenvalue weighted by molar-refractivity contribution is -0.138. The molecule has 1 aliphatic heterocycles. The highest BCUT2D eigenvalue weighted by molar-refractivity contribution is 8.18. The number of carbonyl (C=O) groups is 3. The van der Waals surface area contributed by atoms with Gasteiger partial charge in [0.05, 0.1) is 22.1 Å². The Balaban J connectivity index is 1.55. The highest BCUT2D eigenvalue weighted by atomic mass is 35.5. The number of aliphatic imine (C=N–C) groups is 1.